The van der Waals surface area contributed by atoms with Crippen LogP contribution in [0.5, 0.6) is 23.0 Å². The van der Waals surface area contributed by atoms with E-state index < -0.39 is 105 Å². The molecule has 0 saturated heterocycles. The number of hydrogen-bond acceptors (Lipinski definition) is 13. The standard InChI is InChI=1S/C38H45NO13/c1-16-11-10-12-17(2)37(48)39-28-23(15-40)32(45)25-26(33(28)46)31(44)21(6)35-27(25)36(47)38(8,52-35)50-14-13-24(49-9)18(3)34(51-22(7)41)20(5)30(43)19(4)29(16)42/h10-15,18-20,24,29-30,34,42-46H,1H2,2-9H3,(H,39,48)/t18-,19-,20+,24-,29+,30+,34-,38+/m0/s1. The van der Waals surface area contributed by atoms with E-state index in [0.29, 0.717) is 0 Å². The minimum atomic E-state index is -2.09. The molecule has 0 fully saturated rings. The molecule has 6 N–H and O–H groups in total. The summed E-state index contributed by atoms with van der Waals surface area (Å²) in [4.78, 5) is 51.8. The molecule has 0 aliphatic carbocycles. The van der Waals surface area contributed by atoms with Gasteiger partial charge in [-0.3, -0.25) is 19.2 Å². The quantitative estimate of drug-likeness (QED) is 0.112. The average Bonchev–Trinajstić information content (AvgIpc) is 3.36. The van der Waals surface area contributed by atoms with Crippen molar-refractivity contribution in [2.24, 2.45) is 17.8 Å². The van der Waals surface area contributed by atoms with Gasteiger partial charge in [0.2, 0.25) is 0 Å². The highest BCUT2D eigenvalue weighted by atomic mass is 16.7. The number of amides is 1. The van der Waals surface area contributed by atoms with Gasteiger partial charge in [0, 0.05) is 55.2 Å². The van der Waals surface area contributed by atoms with Gasteiger partial charge in [-0.05, 0) is 25.5 Å². The predicted octanol–water partition coefficient (Wildman–Crippen LogP) is 4.49. The molecule has 8 atom stereocenters. The number of hydrogen-bond donors (Lipinski definition) is 6. The summed E-state index contributed by atoms with van der Waals surface area (Å²) in [6.45, 7) is 14.2. The second kappa shape index (κ2) is 15.2. The molecule has 5 rings (SSSR count). The van der Waals surface area contributed by atoms with Crippen LogP contribution in [0.3, 0.4) is 0 Å². The van der Waals surface area contributed by atoms with E-state index in [-0.39, 0.29) is 34.3 Å². The van der Waals surface area contributed by atoms with Gasteiger partial charge in [-0.15, -0.1) is 0 Å². The Morgan fingerprint density at radius 1 is 1.02 bits per heavy atom. The van der Waals surface area contributed by atoms with Gasteiger partial charge in [0.05, 0.1) is 46.8 Å². The van der Waals surface area contributed by atoms with Crippen molar-refractivity contribution < 1.29 is 63.7 Å². The molecular weight excluding hydrogens is 678 g/mol. The summed E-state index contributed by atoms with van der Waals surface area (Å²) in [6, 6.07) is 0. The van der Waals surface area contributed by atoms with E-state index in [1.54, 1.807) is 20.8 Å². The van der Waals surface area contributed by atoms with Crippen LogP contribution in [0.4, 0.5) is 5.69 Å². The van der Waals surface area contributed by atoms with Crippen molar-refractivity contribution in [1.29, 1.82) is 0 Å². The zero-order chi connectivity index (χ0) is 39.0. The highest BCUT2D eigenvalue weighted by Gasteiger charge is 2.50. The first kappa shape index (κ1) is 39.6. The van der Waals surface area contributed by atoms with E-state index in [9.17, 15) is 44.7 Å². The fraction of sp³-hybridized carbons (Fsp3) is 0.421. The van der Waals surface area contributed by atoms with Crippen LogP contribution in [-0.4, -0.2) is 86.8 Å². The topological polar surface area (TPSA) is 218 Å². The fourth-order valence-corrected chi connectivity index (χ4v) is 6.63. The Balaban J connectivity index is 1.93. The Labute approximate surface area is 300 Å². The molecule has 2 aromatic rings. The van der Waals surface area contributed by atoms with Crippen molar-refractivity contribution in [3.63, 3.8) is 0 Å². The number of phenols is 3. The first-order chi connectivity index (χ1) is 24.3. The number of ether oxygens (including phenoxy) is 4. The lowest BCUT2D eigenvalue weighted by Crippen LogP contribution is -2.46. The third-order valence-electron chi connectivity index (χ3n) is 9.85. The molecule has 52 heavy (non-hydrogen) atoms. The summed E-state index contributed by atoms with van der Waals surface area (Å²) in [6.07, 6.45) is 2.71. The normalized spacial score (nSPS) is 28.7. The molecule has 2 aromatic carbocycles. The number of benzene rings is 2. The summed E-state index contributed by atoms with van der Waals surface area (Å²) < 4.78 is 23.1. The number of fused-ring (bicyclic) bond motifs is 14. The number of aldehydes is 1. The SMILES string of the molecule is C=C1C=CC=C(C)C(=O)Nc2c(C=O)c(O)c3c4c(c(C)c(O)c3c2O)O[C@@](C)(OC=C[C@H](OC)[C@H](C)[C@H](OC(C)=O)[C@H](C)[C@H](O)[C@@H](C)[C@@H]1O)C4=O. The maximum absolute atomic E-state index is 14.0. The largest absolute Gasteiger partial charge is 0.507 e. The lowest BCUT2D eigenvalue weighted by atomic mass is 9.79. The second-order valence-electron chi connectivity index (χ2n) is 13.4. The first-order valence-corrected chi connectivity index (χ1v) is 16.5. The van der Waals surface area contributed by atoms with E-state index in [1.807, 2.05) is 0 Å². The molecule has 3 heterocycles. The number of aliphatic hydroxyl groups is 2. The Morgan fingerprint density at radius 2 is 1.67 bits per heavy atom. The Hall–Kier alpha value is -5.18. The zero-order valence-corrected chi connectivity index (χ0v) is 30.2. The van der Waals surface area contributed by atoms with Crippen molar-refractivity contribution in [2.75, 3.05) is 12.4 Å². The van der Waals surface area contributed by atoms with Crippen molar-refractivity contribution >= 4 is 40.4 Å². The average molecular weight is 724 g/mol. The highest BCUT2D eigenvalue weighted by Crippen LogP contribution is 2.55. The van der Waals surface area contributed by atoms with Gasteiger partial charge in [-0.1, -0.05) is 45.6 Å². The van der Waals surface area contributed by atoms with Crippen LogP contribution in [0.2, 0.25) is 0 Å². The van der Waals surface area contributed by atoms with Crippen LogP contribution >= 0.6 is 0 Å². The van der Waals surface area contributed by atoms with Gasteiger partial charge >= 0.3 is 11.8 Å². The second-order valence-corrected chi connectivity index (χ2v) is 13.4. The minimum Gasteiger partial charge on any atom is -0.507 e. The molecule has 14 heteroatoms. The highest BCUT2D eigenvalue weighted by molar-refractivity contribution is 6.23. The lowest BCUT2D eigenvalue weighted by Gasteiger charge is -2.37. The molecular formula is C38H45NO13. The molecule has 0 unspecified atom stereocenters. The van der Waals surface area contributed by atoms with Crippen molar-refractivity contribution in [1.82, 2.24) is 0 Å². The number of allylic oxidation sites excluding steroid dienone is 2. The zero-order valence-electron chi connectivity index (χ0n) is 30.2. The van der Waals surface area contributed by atoms with E-state index in [4.69, 9.17) is 18.9 Å². The monoisotopic (exact) mass is 723 g/mol. The number of ketones is 1. The number of rotatable bonds is 3. The van der Waals surface area contributed by atoms with Crippen LogP contribution in [0, 0.1) is 24.7 Å². The van der Waals surface area contributed by atoms with Gasteiger partial charge < -0.3 is 49.8 Å². The molecule has 0 spiro atoms. The third kappa shape index (κ3) is 7.01. The number of phenolic OH excluding ortho intramolecular Hbond substituents is 3. The predicted molar refractivity (Wildman–Crippen MR) is 189 cm³/mol. The Bertz CT molecular complexity index is 1910. The Morgan fingerprint density at radius 3 is 2.27 bits per heavy atom. The number of anilines is 1. The van der Waals surface area contributed by atoms with Gasteiger partial charge in [-0.2, -0.15) is 0 Å². The maximum atomic E-state index is 14.0. The number of carbonyl (C=O) groups excluding carboxylic acids is 4. The first-order valence-electron chi connectivity index (χ1n) is 16.5. The number of nitrogens with one attached hydrogen (secondary N) is 1. The smallest absolute Gasteiger partial charge is 0.312 e. The molecule has 280 valence electrons. The van der Waals surface area contributed by atoms with E-state index in [0.717, 1.165) is 6.26 Å². The number of aliphatic hydroxyl groups excluding tert-OH is 2. The number of esters is 1. The molecule has 1 amide bonds. The molecule has 14 nitrogen and oxygen atoms in total. The van der Waals surface area contributed by atoms with Crippen LogP contribution < -0.4 is 10.1 Å². The summed E-state index contributed by atoms with van der Waals surface area (Å²) in [5.74, 6) is -8.94. The number of aromatic hydroxyl groups is 3. The van der Waals surface area contributed by atoms with Crippen LogP contribution in [-0.2, 0) is 23.8 Å². The number of methoxy groups -OCH3 is 1. The molecule has 3 aliphatic heterocycles. The number of carbonyl (C=O) groups is 4. The van der Waals surface area contributed by atoms with E-state index >= 15 is 0 Å². The van der Waals surface area contributed by atoms with Crippen molar-refractivity contribution in [3.8, 4) is 23.0 Å². The van der Waals surface area contributed by atoms with Crippen LogP contribution in [0.15, 0.2) is 48.3 Å². The van der Waals surface area contributed by atoms with Crippen LogP contribution in [0.1, 0.15) is 67.8 Å². The van der Waals surface area contributed by atoms with Gasteiger partial charge in [0.15, 0.2) is 12.0 Å². The molecule has 0 radical (unpaired) electrons. The van der Waals surface area contributed by atoms with Gasteiger partial charge in [0.25, 0.3) is 11.7 Å². The minimum absolute atomic E-state index is 0.0125. The molecule has 0 saturated carbocycles. The van der Waals surface area contributed by atoms with Gasteiger partial charge in [-0.25, -0.2) is 0 Å². The molecule has 5 bridgehead atoms. The number of Topliss-reactive ketones (excluding diaryl/α,β-unsaturated/α-hetero) is 1. The Kier molecular flexibility index (Phi) is 11.6. The lowest BCUT2D eigenvalue weighted by molar-refractivity contribution is -0.160. The molecule has 0 aromatic heterocycles. The van der Waals surface area contributed by atoms with Gasteiger partial charge in [0.1, 0.15) is 23.4 Å². The summed E-state index contributed by atoms with van der Waals surface area (Å²) in [7, 11) is 1.40. The van der Waals surface area contributed by atoms with Crippen molar-refractivity contribution in [2.45, 2.75) is 78.7 Å². The van der Waals surface area contributed by atoms with E-state index in [1.165, 1.54) is 59.1 Å². The molecule has 3 aliphatic rings. The third-order valence-corrected chi connectivity index (χ3v) is 9.85. The van der Waals surface area contributed by atoms with Crippen LogP contribution in [0.25, 0.3) is 10.8 Å². The maximum Gasteiger partial charge on any atom is 0.312 e. The summed E-state index contributed by atoms with van der Waals surface area (Å²) >= 11 is 0. The summed E-state index contributed by atoms with van der Waals surface area (Å²) in [5.41, 5.74) is -1.17. The summed E-state index contributed by atoms with van der Waals surface area (Å²) in [5, 5.41) is 58.0. The van der Waals surface area contributed by atoms with Crippen molar-refractivity contribution in [3.05, 3.63) is 65.0 Å². The fourth-order valence-electron chi connectivity index (χ4n) is 6.63. The van der Waals surface area contributed by atoms with E-state index in [2.05, 4.69) is 11.9 Å².